The number of pyridine rings is 1. The summed E-state index contributed by atoms with van der Waals surface area (Å²) in [6.07, 6.45) is -0.981. The maximum absolute atomic E-state index is 12.1. The zero-order valence-electron chi connectivity index (χ0n) is 22.4. The Bertz CT molecular complexity index is 1320. The highest BCUT2D eigenvalue weighted by Crippen LogP contribution is 2.43. The number of rotatable bonds is 11. The Balaban J connectivity index is 1.40. The molecule has 1 aliphatic rings. The maximum Gasteiger partial charge on any atom is 0.224 e. The van der Waals surface area contributed by atoms with E-state index in [1.165, 1.54) is 0 Å². The second-order valence-corrected chi connectivity index (χ2v) is 9.80. The largest absolute Gasteiger partial charge is 0.473 e. The van der Waals surface area contributed by atoms with Gasteiger partial charge in [-0.2, -0.15) is 0 Å². The van der Waals surface area contributed by atoms with Crippen LogP contribution in [-0.4, -0.2) is 28.4 Å². The molecular weight excluding hydrogens is 490 g/mol. The molecule has 2 unspecified atom stereocenters. The van der Waals surface area contributed by atoms with Crippen LogP contribution in [0.5, 0.6) is 5.88 Å². The van der Waals surface area contributed by atoms with E-state index >= 15 is 0 Å². The van der Waals surface area contributed by atoms with Gasteiger partial charge in [0.25, 0.3) is 0 Å². The fourth-order valence-electron chi connectivity index (χ4n) is 4.97. The number of hydrogen-bond acceptors (Lipinski definition) is 6. The van der Waals surface area contributed by atoms with Crippen LogP contribution in [0.4, 0.5) is 0 Å². The number of ether oxygens (including phenoxy) is 4. The third kappa shape index (κ3) is 6.37. The summed E-state index contributed by atoms with van der Waals surface area (Å²) < 4.78 is 25.1. The molecule has 0 bridgehead atoms. The molecule has 1 aromatic heterocycles. The number of aryl methyl sites for hydroxylation is 1. The van der Waals surface area contributed by atoms with Gasteiger partial charge in [0.05, 0.1) is 25.0 Å². The van der Waals surface area contributed by atoms with E-state index in [0.29, 0.717) is 43.4 Å². The molecule has 0 saturated carbocycles. The molecule has 1 fully saturated rings. The lowest BCUT2D eigenvalue weighted by Crippen LogP contribution is -2.44. The van der Waals surface area contributed by atoms with Gasteiger partial charge in [-0.25, -0.2) is 4.98 Å². The van der Waals surface area contributed by atoms with Gasteiger partial charge in [0, 0.05) is 11.6 Å². The fourth-order valence-corrected chi connectivity index (χ4v) is 4.97. The molecule has 2 heterocycles. The minimum atomic E-state index is -1.74. The van der Waals surface area contributed by atoms with E-state index in [2.05, 4.69) is 4.98 Å². The zero-order valence-corrected chi connectivity index (χ0v) is 22.4. The predicted octanol–water partition coefficient (Wildman–Crippen LogP) is 6.09. The molecule has 0 radical (unpaired) electrons. The lowest BCUT2D eigenvalue weighted by Gasteiger charge is -2.31. The minimum absolute atomic E-state index is 0.309. The van der Waals surface area contributed by atoms with Crippen molar-refractivity contribution in [2.45, 2.75) is 64.2 Å². The van der Waals surface area contributed by atoms with Crippen LogP contribution in [-0.2, 0) is 39.8 Å². The van der Waals surface area contributed by atoms with Crippen molar-refractivity contribution in [3.63, 3.8) is 0 Å². The summed E-state index contributed by atoms with van der Waals surface area (Å²) in [7, 11) is 0. The molecule has 202 valence electrons. The molecule has 1 aliphatic heterocycles. The van der Waals surface area contributed by atoms with Crippen LogP contribution in [0.25, 0.3) is 0 Å². The first-order chi connectivity index (χ1) is 19.1. The normalized spacial score (nSPS) is 22.6. The minimum Gasteiger partial charge on any atom is -0.473 e. The van der Waals surface area contributed by atoms with E-state index in [1.54, 1.807) is 6.07 Å². The Morgan fingerprint density at radius 2 is 1.28 bits per heavy atom. The Morgan fingerprint density at radius 3 is 1.82 bits per heavy atom. The third-order valence-corrected chi connectivity index (χ3v) is 7.02. The molecule has 1 N–H and O–H groups in total. The average molecular weight is 526 g/mol. The van der Waals surface area contributed by atoms with Gasteiger partial charge in [-0.3, -0.25) is 0 Å². The van der Waals surface area contributed by atoms with Crippen molar-refractivity contribution >= 4 is 0 Å². The molecule has 0 aliphatic carbocycles. The van der Waals surface area contributed by atoms with Crippen molar-refractivity contribution < 1.29 is 24.1 Å². The summed E-state index contributed by atoms with van der Waals surface area (Å²) in [5.41, 5.74) is 4.24. The smallest absolute Gasteiger partial charge is 0.224 e. The monoisotopic (exact) mass is 525 g/mol. The van der Waals surface area contributed by atoms with Crippen molar-refractivity contribution in [1.82, 2.24) is 4.98 Å². The molecule has 4 atom stereocenters. The van der Waals surface area contributed by atoms with Crippen molar-refractivity contribution in [3.05, 3.63) is 131 Å². The van der Waals surface area contributed by atoms with Gasteiger partial charge in [0.15, 0.2) is 0 Å². The molecule has 1 saturated heterocycles. The van der Waals surface area contributed by atoms with E-state index in [1.807, 2.05) is 111 Å². The summed E-state index contributed by atoms with van der Waals surface area (Å²) in [5.74, 6) is -1.27. The SMILES string of the molecule is CC[C@H]1OC(O)(c2ccc(OCc3ccccc3)nc2C)C(OCc2ccccc2)[C@H]1OCc1ccccc1. The second-order valence-electron chi connectivity index (χ2n) is 9.80. The lowest BCUT2D eigenvalue weighted by atomic mass is 9.95. The van der Waals surface area contributed by atoms with Crippen LogP contribution < -0.4 is 4.74 Å². The van der Waals surface area contributed by atoms with Crippen LogP contribution in [0.1, 0.15) is 41.3 Å². The van der Waals surface area contributed by atoms with Crippen LogP contribution in [0, 0.1) is 6.92 Å². The van der Waals surface area contributed by atoms with Crippen molar-refractivity contribution in [2.24, 2.45) is 0 Å². The van der Waals surface area contributed by atoms with E-state index in [4.69, 9.17) is 18.9 Å². The summed E-state index contributed by atoms with van der Waals surface area (Å²) >= 11 is 0. The molecule has 5 rings (SSSR count). The van der Waals surface area contributed by atoms with Crippen LogP contribution >= 0.6 is 0 Å². The summed E-state index contributed by atoms with van der Waals surface area (Å²) in [5, 5.41) is 12.1. The maximum atomic E-state index is 12.1. The Morgan fingerprint density at radius 1 is 0.744 bits per heavy atom. The Labute approximate surface area is 230 Å². The first kappa shape index (κ1) is 27.0. The van der Waals surface area contributed by atoms with Crippen molar-refractivity contribution in [2.75, 3.05) is 0 Å². The number of aromatic nitrogens is 1. The highest BCUT2D eigenvalue weighted by atomic mass is 16.7. The number of hydrogen-bond donors (Lipinski definition) is 1. The summed E-state index contributed by atoms with van der Waals surface area (Å²) in [6, 6.07) is 33.4. The highest BCUT2D eigenvalue weighted by Gasteiger charge is 2.57. The van der Waals surface area contributed by atoms with Crippen molar-refractivity contribution in [1.29, 1.82) is 0 Å². The predicted molar refractivity (Wildman–Crippen MR) is 149 cm³/mol. The molecule has 6 heteroatoms. The second kappa shape index (κ2) is 12.5. The average Bonchev–Trinajstić information content (AvgIpc) is 3.26. The topological polar surface area (TPSA) is 70.0 Å². The van der Waals surface area contributed by atoms with E-state index in [9.17, 15) is 5.11 Å². The number of aliphatic hydroxyl groups is 1. The van der Waals surface area contributed by atoms with E-state index in [-0.39, 0.29) is 6.10 Å². The third-order valence-electron chi connectivity index (χ3n) is 7.02. The van der Waals surface area contributed by atoms with Gasteiger partial charge in [0.1, 0.15) is 18.8 Å². The zero-order chi connectivity index (χ0) is 27.1. The van der Waals surface area contributed by atoms with E-state index in [0.717, 1.165) is 16.7 Å². The molecule has 6 nitrogen and oxygen atoms in total. The number of benzene rings is 3. The summed E-state index contributed by atoms with van der Waals surface area (Å²) in [4.78, 5) is 4.64. The van der Waals surface area contributed by atoms with Crippen LogP contribution in [0.3, 0.4) is 0 Å². The van der Waals surface area contributed by atoms with E-state index < -0.39 is 18.0 Å². The molecule has 0 amide bonds. The molecular formula is C33H35NO5. The first-order valence-corrected chi connectivity index (χ1v) is 13.4. The first-order valence-electron chi connectivity index (χ1n) is 13.4. The molecule has 39 heavy (non-hydrogen) atoms. The molecule has 3 aromatic carbocycles. The van der Waals surface area contributed by atoms with Crippen LogP contribution in [0.2, 0.25) is 0 Å². The standard InChI is InChI=1S/C33H35NO5/c1-3-29-31(37-22-26-15-9-5-10-16-26)32(38-23-27-17-11-6-12-18-27)33(35,39-29)28-19-20-30(34-24(28)2)36-21-25-13-7-4-8-14-25/h4-20,29,31-32,35H,3,21-23H2,1-2H3/t29-,31+,32?,33?/m1/s1. The van der Waals surface area contributed by atoms with Crippen molar-refractivity contribution in [3.8, 4) is 5.88 Å². The Kier molecular flexibility index (Phi) is 8.69. The molecule has 4 aromatic rings. The lowest BCUT2D eigenvalue weighted by molar-refractivity contribution is -0.250. The fraction of sp³-hybridized carbons (Fsp3) is 0.303. The highest BCUT2D eigenvalue weighted by molar-refractivity contribution is 5.32. The van der Waals surface area contributed by atoms with Gasteiger partial charge < -0.3 is 24.1 Å². The van der Waals surface area contributed by atoms with Gasteiger partial charge in [0.2, 0.25) is 11.7 Å². The summed E-state index contributed by atoms with van der Waals surface area (Å²) in [6.45, 7) is 4.97. The quantitative estimate of drug-likeness (QED) is 0.255. The molecule has 0 spiro atoms. The van der Waals surface area contributed by atoms with Gasteiger partial charge >= 0.3 is 0 Å². The van der Waals surface area contributed by atoms with Gasteiger partial charge in [-0.15, -0.1) is 0 Å². The number of nitrogens with zero attached hydrogens (tertiary/aromatic N) is 1. The van der Waals surface area contributed by atoms with Gasteiger partial charge in [-0.05, 0) is 36.1 Å². The van der Waals surface area contributed by atoms with Gasteiger partial charge in [-0.1, -0.05) is 97.9 Å². The van der Waals surface area contributed by atoms with Crippen LogP contribution in [0.15, 0.2) is 103 Å². The Hall–Kier alpha value is -3.55.